The lowest BCUT2D eigenvalue weighted by Crippen LogP contribution is -2.25. The fraction of sp³-hybridized carbons (Fsp3) is 0.188. The van der Waals surface area contributed by atoms with Gasteiger partial charge in [-0.25, -0.2) is 4.99 Å². The van der Waals surface area contributed by atoms with E-state index in [0.717, 1.165) is 28.5 Å². The fourth-order valence-electron chi connectivity index (χ4n) is 2.25. The Hall–Kier alpha value is -2.49. The summed E-state index contributed by atoms with van der Waals surface area (Å²) < 4.78 is 5.68. The number of nitrogens with zero attached hydrogens (tertiary/aromatic N) is 1. The van der Waals surface area contributed by atoms with E-state index in [4.69, 9.17) is 10.5 Å². The third-order valence-electron chi connectivity index (χ3n) is 3.25. The van der Waals surface area contributed by atoms with Gasteiger partial charge in [-0.2, -0.15) is 0 Å². The van der Waals surface area contributed by atoms with Crippen molar-refractivity contribution in [2.75, 3.05) is 17.7 Å². The summed E-state index contributed by atoms with van der Waals surface area (Å²) in [6.45, 7) is 4.57. The zero-order valence-electron chi connectivity index (χ0n) is 11.6. The highest BCUT2D eigenvalue weighted by Crippen LogP contribution is 2.30. The molecular formula is C16H17N3O. The maximum absolute atomic E-state index is 5.79. The van der Waals surface area contributed by atoms with E-state index >= 15 is 0 Å². The van der Waals surface area contributed by atoms with Crippen LogP contribution in [0.3, 0.4) is 0 Å². The Labute approximate surface area is 118 Å². The number of nitrogens with two attached hydrogens (primary N) is 1. The molecule has 3 N–H and O–H groups in total. The van der Waals surface area contributed by atoms with Gasteiger partial charge in [-0.15, -0.1) is 0 Å². The van der Waals surface area contributed by atoms with Crippen LogP contribution in [-0.2, 0) is 0 Å². The van der Waals surface area contributed by atoms with Gasteiger partial charge in [0.25, 0.3) is 0 Å². The second-order valence-electron chi connectivity index (χ2n) is 5.02. The summed E-state index contributed by atoms with van der Waals surface area (Å²) >= 11 is 0. The van der Waals surface area contributed by atoms with Crippen molar-refractivity contribution in [2.45, 2.75) is 13.8 Å². The highest BCUT2D eigenvalue weighted by molar-refractivity contribution is 6.01. The molecule has 3 rings (SSSR count). The van der Waals surface area contributed by atoms with Crippen LogP contribution in [-0.4, -0.2) is 12.4 Å². The van der Waals surface area contributed by atoms with E-state index in [9.17, 15) is 0 Å². The monoisotopic (exact) mass is 267 g/mol. The van der Waals surface area contributed by atoms with Crippen LogP contribution in [0.15, 0.2) is 41.4 Å². The third-order valence-corrected chi connectivity index (χ3v) is 3.25. The van der Waals surface area contributed by atoms with Crippen LogP contribution in [0.1, 0.15) is 11.1 Å². The van der Waals surface area contributed by atoms with Gasteiger partial charge in [0.15, 0.2) is 0 Å². The summed E-state index contributed by atoms with van der Waals surface area (Å²) in [5.74, 6) is 1.59. The first-order valence-electron chi connectivity index (χ1n) is 6.56. The van der Waals surface area contributed by atoms with Gasteiger partial charge in [-0.1, -0.05) is 17.7 Å². The quantitative estimate of drug-likeness (QED) is 0.778. The zero-order valence-corrected chi connectivity index (χ0v) is 11.6. The molecule has 0 amide bonds. The first kappa shape index (κ1) is 12.5. The topological polar surface area (TPSA) is 59.6 Å². The molecule has 1 aliphatic rings. The summed E-state index contributed by atoms with van der Waals surface area (Å²) in [6.07, 6.45) is 0. The molecule has 0 fully saturated rings. The van der Waals surface area contributed by atoms with E-state index in [1.807, 2.05) is 24.3 Å². The van der Waals surface area contributed by atoms with E-state index in [1.54, 1.807) is 0 Å². The number of benzene rings is 2. The molecule has 0 bridgehead atoms. The van der Waals surface area contributed by atoms with Crippen molar-refractivity contribution in [3.63, 3.8) is 0 Å². The van der Waals surface area contributed by atoms with Crippen molar-refractivity contribution in [3.05, 3.63) is 47.5 Å². The van der Waals surface area contributed by atoms with E-state index < -0.39 is 0 Å². The Morgan fingerprint density at radius 3 is 2.80 bits per heavy atom. The Kier molecular flexibility index (Phi) is 3.06. The maximum atomic E-state index is 5.79. The van der Waals surface area contributed by atoms with Crippen molar-refractivity contribution in [1.82, 2.24) is 0 Å². The van der Waals surface area contributed by atoms with Gasteiger partial charge >= 0.3 is 0 Å². The van der Waals surface area contributed by atoms with Gasteiger partial charge in [0.05, 0.1) is 11.4 Å². The lowest BCUT2D eigenvalue weighted by atomic mass is 10.1. The van der Waals surface area contributed by atoms with Crippen LogP contribution >= 0.6 is 0 Å². The second kappa shape index (κ2) is 4.89. The lowest BCUT2D eigenvalue weighted by molar-refractivity contribution is 0.372. The Morgan fingerprint density at radius 2 is 2.00 bits per heavy atom. The number of ether oxygens (including phenoxy) is 1. The number of aliphatic imine (C=N–C) groups is 1. The molecule has 0 aliphatic carbocycles. The number of fused-ring (bicyclic) bond motifs is 1. The molecule has 0 atom stereocenters. The average molecular weight is 267 g/mol. The van der Waals surface area contributed by atoms with Gasteiger partial charge in [0.1, 0.15) is 18.2 Å². The summed E-state index contributed by atoms with van der Waals surface area (Å²) in [4.78, 5) is 4.63. The highest BCUT2D eigenvalue weighted by Gasteiger charge is 2.14. The molecule has 4 nitrogen and oxygen atoms in total. The van der Waals surface area contributed by atoms with E-state index in [2.05, 4.69) is 36.3 Å². The van der Waals surface area contributed by atoms with Crippen LogP contribution in [0.25, 0.3) is 0 Å². The van der Waals surface area contributed by atoms with Crippen molar-refractivity contribution < 1.29 is 4.74 Å². The predicted octanol–water partition coefficient (Wildman–Crippen LogP) is 3.42. The molecule has 2 aromatic rings. The zero-order chi connectivity index (χ0) is 14.1. The van der Waals surface area contributed by atoms with E-state index in [-0.39, 0.29) is 0 Å². The van der Waals surface area contributed by atoms with Gasteiger partial charge in [0, 0.05) is 5.69 Å². The number of hydrogen-bond donors (Lipinski definition) is 2. The molecule has 1 heterocycles. The molecule has 0 saturated heterocycles. The number of amidine groups is 1. The van der Waals surface area contributed by atoms with Gasteiger partial charge in [-0.05, 0) is 43.7 Å². The van der Waals surface area contributed by atoms with Gasteiger partial charge in [-0.3, -0.25) is 0 Å². The molecule has 0 saturated carbocycles. The normalized spacial score (nSPS) is 15.4. The number of hydrogen-bond acceptors (Lipinski definition) is 3. The Balaban J connectivity index is 1.91. The second-order valence-corrected chi connectivity index (χ2v) is 5.02. The SMILES string of the molecule is Cc1ccc(N=C2COc3ccc(N)cc3N2)c(C)c1. The fourth-order valence-corrected chi connectivity index (χ4v) is 2.25. The van der Waals surface area contributed by atoms with Crippen LogP contribution in [0.4, 0.5) is 17.1 Å². The lowest BCUT2D eigenvalue weighted by Gasteiger charge is -2.21. The molecule has 102 valence electrons. The van der Waals surface area contributed by atoms with Crippen molar-refractivity contribution in [3.8, 4) is 5.75 Å². The van der Waals surface area contributed by atoms with E-state index in [0.29, 0.717) is 12.3 Å². The molecule has 2 aromatic carbocycles. The molecule has 1 aliphatic heterocycles. The minimum Gasteiger partial charge on any atom is -0.484 e. The summed E-state index contributed by atoms with van der Waals surface area (Å²) in [5, 5.41) is 3.27. The largest absolute Gasteiger partial charge is 0.484 e. The first-order chi connectivity index (χ1) is 9.61. The first-order valence-corrected chi connectivity index (χ1v) is 6.56. The van der Waals surface area contributed by atoms with Crippen molar-refractivity contribution in [1.29, 1.82) is 0 Å². The molecule has 0 radical (unpaired) electrons. The number of aryl methyl sites for hydroxylation is 2. The highest BCUT2D eigenvalue weighted by atomic mass is 16.5. The molecule has 0 spiro atoms. The minimum absolute atomic E-state index is 0.435. The van der Waals surface area contributed by atoms with Gasteiger partial charge < -0.3 is 15.8 Å². The Bertz CT molecular complexity index is 692. The maximum Gasteiger partial charge on any atom is 0.146 e. The number of rotatable bonds is 1. The smallest absolute Gasteiger partial charge is 0.146 e. The Morgan fingerprint density at radius 1 is 1.15 bits per heavy atom. The average Bonchev–Trinajstić information content (AvgIpc) is 2.41. The van der Waals surface area contributed by atoms with Gasteiger partial charge in [0.2, 0.25) is 0 Å². The van der Waals surface area contributed by atoms with Crippen LogP contribution in [0.2, 0.25) is 0 Å². The minimum atomic E-state index is 0.435. The van der Waals surface area contributed by atoms with E-state index in [1.165, 1.54) is 5.56 Å². The van der Waals surface area contributed by atoms with Crippen molar-refractivity contribution in [2.24, 2.45) is 4.99 Å². The summed E-state index contributed by atoms with van der Waals surface area (Å²) in [6, 6.07) is 11.7. The summed E-state index contributed by atoms with van der Waals surface area (Å²) in [5.41, 5.74) is 10.7. The number of nitrogens with one attached hydrogen (secondary N) is 1. The summed E-state index contributed by atoms with van der Waals surface area (Å²) in [7, 11) is 0. The van der Waals surface area contributed by atoms with Crippen LogP contribution in [0.5, 0.6) is 5.75 Å². The number of anilines is 2. The molecular weight excluding hydrogens is 250 g/mol. The molecule has 0 aromatic heterocycles. The van der Waals surface area contributed by atoms with Crippen molar-refractivity contribution >= 4 is 22.9 Å². The van der Waals surface area contributed by atoms with Crippen LogP contribution < -0.4 is 15.8 Å². The molecule has 4 heteroatoms. The predicted molar refractivity (Wildman–Crippen MR) is 83.0 cm³/mol. The molecule has 20 heavy (non-hydrogen) atoms. The number of nitrogen functional groups attached to an aromatic ring is 1. The molecule has 0 unspecified atom stereocenters. The standard InChI is InChI=1S/C16H17N3O/c1-10-3-5-13(11(2)7-10)18-16-9-20-15-6-4-12(17)8-14(15)19-16/h3-8H,9,17H2,1-2H3,(H,18,19). The van der Waals surface area contributed by atoms with Crippen LogP contribution in [0, 0.1) is 13.8 Å². The third kappa shape index (κ3) is 2.45.